The number of rotatable bonds is 9. The number of hydrogen-bond donors (Lipinski definition) is 3. The van der Waals surface area contributed by atoms with Gasteiger partial charge in [0, 0.05) is 42.7 Å². The highest BCUT2D eigenvalue weighted by atomic mass is 16.2. The molecular formula is C23H25N5O3. The minimum Gasteiger partial charge on any atom is -0.352 e. The van der Waals surface area contributed by atoms with Crippen molar-refractivity contribution in [1.29, 1.82) is 0 Å². The fourth-order valence-electron chi connectivity index (χ4n) is 3.00. The molecule has 31 heavy (non-hydrogen) atoms. The second-order valence-electron chi connectivity index (χ2n) is 7.17. The maximum Gasteiger partial charge on any atom is 0.251 e. The van der Waals surface area contributed by atoms with Crippen molar-refractivity contribution in [3.8, 4) is 0 Å². The van der Waals surface area contributed by atoms with Crippen LogP contribution in [0.3, 0.4) is 0 Å². The van der Waals surface area contributed by atoms with Crippen molar-refractivity contribution in [1.82, 2.24) is 20.4 Å². The lowest BCUT2D eigenvalue weighted by Crippen LogP contribution is -2.37. The predicted molar refractivity (Wildman–Crippen MR) is 117 cm³/mol. The van der Waals surface area contributed by atoms with Gasteiger partial charge in [-0.2, -0.15) is 5.10 Å². The van der Waals surface area contributed by atoms with Gasteiger partial charge in [-0.05, 0) is 42.8 Å². The Hall–Kier alpha value is -3.94. The summed E-state index contributed by atoms with van der Waals surface area (Å²) >= 11 is 0. The Morgan fingerprint density at radius 2 is 1.81 bits per heavy atom. The minimum atomic E-state index is -0.305. The number of nitrogens with zero attached hydrogens (tertiary/aromatic N) is 2. The van der Waals surface area contributed by atoms with Crippen LogP contribution >= 0.6 is 0 Å². The third-order valence-electron chi connectivity index (χ3n) is 4.47. The average molecular weight is 419 g/mol. The van der Waals surface area contributed by atoms with E-state index in [9.17, 15) is 14.4 Å². The van der Waals surface area contributed by atoms with Crippen LogP contribution in [0, 0.1) is 0 Å². The Kier molecular flexibility index (Phi) is 7.53. The third kappa shape index (κ3) is 7.11. The number of aromatic nitrogens is 2. The molecule has 3 aromatic rings. The van der Waals surface area contributed by atoms with Gasteiger partial charge >= 0.3 is 0 Å². The lowest BCUT2D eigenvalue weighted by atomic mass is 10.1. The molecule has 3 rings (SSSR count). The zero-order valence-electron chi connectivity index (χ0n) is 17.2. The van der Waals surface area contributed by atoms with Crippen molar-refractivity contribution in [2.24, 2.45) is 0 Å². The molecule has 0 spiro atoms. The van der Waals surface area contributed by atoms with Gasteiger partial charge in [-0.25, -0.2) is 0 Å². The highest BCUT2D eigenvalue weighted by Crippen LogP contribution is 2.11. The molecule has 0 aliphatic rings. The molecule has 8 nitrogen and oxygen atoms in total. The highest BCUT2D eigenvalue weighted by Gasteiger charge is 2.13. The van der Waals surface area contributed by atoms with Crippen molar-refractivity contribution in [3.63, 3.8) is 0 Å². The summed E-state index contributed by atoms with van der Waals surface area (Å²) in [6.45, 7) is 2.23. The predicted octanol–water partition coefficient (Wildman–Crippen LogP) is 2.35. The number of nitrogens with one attached hydrogen (secondary N) is 3. The molecule has 0 bridgehead atoms. The number of carbonyl (C=O) groups excluding carboxylic acids is 3. The van der Waals surface area contributed by atoms with Gasteiger partial charge in [0.2, 0.25) is 11.8 Å². The molecule has 8 heteroatoms. The van der Waals surface area contributed by atoms with Crippen LogP contribution in [0.25, 0.3) is 0 Å². The first kappa shape index (κ1) is 21.8. The SMILES string of the molecule is CC(CC(=O)NCc1cccc(NC(=O)Cn2cccn2)c1)NC(=O)c1ccccc1. The monoisotopic (exact) mass is 419 g/mol. The van der Waals surface area contributed by atoms with E-state index < -0.39 is 0 Å². The van der Waals surface area contributed by atoms with Gasteiger partial charge in [-0.1, -0.05) is 30.3 Å². The van der Waals surface area contributed by atoms with E-state index >= 15 is 0 Å². The van der Waals surface area contributed by atoms with E-state index in [1.54, 1.807) is 55.7 Å². The van der Waals surface area contributed by atoms with E-state index in [-0.39, 0.29) is 36.7 Å². The highest BCUT2D eigenvalue weighted by molar-refractivity contribution is 5.94. The lowest BCUT2D eigenvalue weighted by Gasteiger charge is -2.14. The van der Waals surface area contributed by atoms with Gasteiger partial charge in [-0.3, -0.25) is 19.1 Å². The first-order chi connectivity index (χ1) is 15.0. The number of hydrogen-bond acceptors (Lipinski definition) is 4. The largest absolute Gasteiger partial charge is 0.352 e. The maximum atomic E-state index is 12.2. The van der Waals surface area contributed by atoms with Crippen LogP contribution in [0.4, 0.5) is 5.69 Å². The molecule has 0 saturated heterocycles. The van der Waals surface area contributed by atoms with E-state index in [1.807, 2.05) is 24.3 Å². The van der Waals surface area contributed by atoms with Crippen LogP contribution in [-0.2, 0) is 22.7 Å². The first-order valence-corrected chi connectivity index (χ1v) is 9.98. The zero-order chi connectivity index (χ0) is 22.1. The van der Waals surface area contributed by atoms with E-state index in [2.05, 4.69) is 21.0 Å². The lowest BCUT2D eigenvalue weighted by molar-refractivity contribution is -0.121. The van der Waals surface area contributed by atoms with Gasteiger partial charge in [0.15, 0.2) is 0 Å². The van der Waals surface area contributed by atoms with E-state index in [0.717, 1.165) is 5.56 Å². The Labute approximate surface area is 180 Å². The Morgan fingerprint density at radius 1 is 1.00 bits per heavy atom. The Bertz CT molecular complexity index is 1020. The summed E-state index contributed by atoms with van der Waals surface area (Å²) in [6, 6.07) is 17.6. The van der Waals surface area contributed by atoms with Crippen molar-refractivity contribution in [2.75, 3.05) is 5.32 Å². The van der Waals surface area contributed by atoms with Crippen LogP contribution in [0.15, 0.2) is 73.1 Å². The number of benzene rings is 2. The number of amides is 3. The summed E-state index contributed by atoms with van der Waals surface area (Å²) < 4.78 is 1.54. The third-order valence-corrected chi connectivity index (χ3v) is 4.47. The molecule has 3 amide bonds. The normalized spacial score (nSPS) is 11.4. The van der Waals surface area contributed by atoms with Crippen molar-refractivity contribution in [2.45, 2.75) is 32.5 Å². The van der Waals surface area contributed by atoms with Crippen molar-refractivity contribution >= 4 is 23.4 Å². The topological polar surface area (TPSA) is 105 Å². The van der Waals surface area contributed by atoms with Gasteiger partial charge in [0.1, 0.15) is 6.54 Å². The summed E-state index contributed by atoms with van der Waals surface area (Å²) in [7, 11) is 0. The molecule has 0 aliphatic carbocycles. The molecule has 160 valence electrons. The molecule has 3 N–H and O–H groups in total. The maximum absolute atomic E-state index is 12.2. The molecule has 1 heterocycles. The summed E-state index contributed by atoms with van der Waals surface area (Å²) in [5.74, 6) is -0.568. The second-order valence-corrected chi connectivity index (χ2v) is 7.17. The molecule has 1 aromatic heterocycles. The number of carbonyl (C=O) groups is 3. The Morgan fingerprint density at radius 3 is 2.55 bits per heavy atom. The van der Waals surface area contributed by atoms with Crippen LogP contribution in [0.2, 0.25) is 0 Å². The second kappa shape index (κ2) is 10.7. The van der Waals surface area contributed by atoms with E-state index in [0.29, 0.717) is 17.8 Å². The standard InChI is InChI=1S/C23H25N5O3/c1-17(26-23(31)19-8-3-2-4-9-19)13-21(29)24-15-18-7-5-10-20(14-18)27-22(30)16-28-12-6-11-25-28/h2-12,14,17H,13,15-16H2,1H3,(H,24,29)(H,26,31)(H,27,30). The van der Waals surface area contributed by atoms with E-state index in [4.69, 9.17) is 0 Å². The Balaban J connectivity index is 1.43. The molecule has 1 unspecified atom stereocenters. The van der Waals surface area contributed by atoms with Gasteiger partial charge in [-0.15, -0.1) is 0 Å². The smallest absolute Gasteiger partial charge is 0.251 e. The quantitative estimate of drug-likeness (QED) is 0.495. The van der Waals surface area contributed by atoms with Crippen LogP contribution in [0.1, 0.15) is 29.3 Å². The first-order valence-electron chi connectivity index (χ1n) is 9.98. The van der Waals surface area contributed by atoms with Crippen LogP contribution < -0.4 is 16.0 Å². The van der Waals surface area contributed by atoms with Crippen LogP contribution in [0.5, 0.6) is 0 Å². The number of anilines is 1. The molecule has 1 atom stereocenters. The van der Waals surface area contributed by atoms with E-state index in [1.165, 1.54) is 4.68 Å². The molecule has 0 aliphatic heterocycles. The average Bonchev–Trinajstić information content (AvgIpc) is 3.26. The summed E-state index contributed by atoms with van der Waals surface area (Å²) in [5.41, 5.74) is 2.06. The molecule has 0 radical (unpaired) electrons. The summed E-state index contributed by atoms with van der Waals surface area (Å²) in [4.78, 5) is 36.5. The van der Waals surface area contributed by atoms with Crippen LogP contribution in [-0.4, -0.2) is 33.5 Å². The van der Waals surface area contributed by atoms with Gasteiger partial charge in [0.05, 0.1) is 0 Å². The summed E-state index contributed by atoms with van der Waals surface area (Å²) in [6.07, 6.45) is 3.50. The molecule has 0 fully saturated rings. The van der Waals surface area contributed by atoms with Crippen molar-refractivity contribution in [3.05, 3.63) is 84.2 Å². The molecular weight excluding hydrogens is 394 g/mol. The van der Waals surface area contributed by atoms with Crippen molar-refractivity contribution < 1.29 is 14.4 Å². The molecule has 0 saturated carbocycles. The molecule has 2 aromatic carbocycles. The zero-order valence-corrected chi connectivity index (χ0v) is 17.2. The van der Waals surface area contributed by atoms with Gasteiger partial charge < -0.3 is 16.0 Å². The minimum absolute atomic E-state index is 0.126. The fraction of sp³-hybridized carbons (Fsp3) is 0.217. The fourth-order valence-corrected chi connectivity index (χ4v) is 3.00. The summed E-state index contributed by atoms with van der Waals surface area (Å²) in [5, 5.41) is 12.5. The van der Waals surface area contributed by atoms with Gasteiger partial charge in [0.25, 0.3) is 5.91 Å².